The summed E-state index contributed by atoms with van der Waals surface area (Å²) in [6.07, 6.45) is 0. The van der Waals surface area contributed by atoms with Crippen LogP contribution in [-0.4, -0.2) is 90.9 Å². The Kier molecular flexibility index (Phi) is 124. The van der Waals surface area contributed by atoms with Crippen molar-refractivity contribution in [3.63, 3.8) is 0 Å². The maximum atomic E-state index is 8.52. The minimum absolute atomic E-state index is 0. The number of hydrogen-bond donors (Lipinski definition) is 0. The van der Waals surface area contributed by atoms with Crippen molar-refractivity contribution in [1.82, 2.24) is 0 Å². The molecule has 0 aliphatic heterocycles. The average Bonchev–Trinajstić information content (AvgIpc) is 1.41. The van der Waals surface area contributed by atoms with Gasteiger partial charge in [0, 0.05) is 31.2 Å². The van der Waals surface area contributed by atoms with Crippen molar-refractivity contribution in [2.24, 2.45) is 0 Å². The SMILES string of the molecule is O.O.O.O.O.O.O.O=S(=O)([O-])[O-].O=S(=O)([O-])[O-].O=S(=O)([O-])[O-].[Nd+3].[Nd+3]. The first kappa shape index (κ1) is 82.8. The van der Waals surface area contributed by atoms with Crippen molar-refractivity contribution in [2.45, 2.75) is 0 Å². The Bertz CT molecular complexity index is 344. The predicted molar refractivity (Wildman–Crippen MR) is 56.7 cm³/mol. The third-order valence-corrected chi connectivity index (χ3v) is 0. The van der Waals surface area contributed by atoms with Gasteiger partial charge in [-0.15, -0.1) is 0 Å². The summed E-state index contributed by atoms with van der Waals surface area (Å²) < 4.78 is 102. The zero-order valence-corrected chi connectivity index (χ0v) is 19.5. The molecule has 24 heteroatoms. The van der Waals surface area contributed by atoms with Crippen LogP contribution in [0.4, 0.5) is 0 Å². The fraction of sp³-hybridized carbons (Fsp3) is 0. The van der Waals surface area contributed by atoms with Gasteiger partial charge >= 0.3 is 81.7 Å². The Morgan fingerprint density at radius 3 is 0.333 bits per heavy atom. The van der Waals surface area contributed by atoms with Crippen molar-refractivity contribution >= 4 is 31.2 Å². The Balaban J connectivity index is -0.00000000758. The van der Waals surface area contributed by atoms with Crippen LogP contribution in [0.25, 0.3) is 0 Å². The van der Waals surface area contributed by atoms with Crippen molar-refractivity contribution in [2.75, 3.05) is 0 Å². The molecule has 154 valence electrons. The molecule has 0 amide bonds. The minimum Gasteiger partial charge on any atom is -0.759 e. The van der Waals surface area contributed by atoms with Crippen LogP contribution in [0.5, 0.6) is 0 Å². The second-order valence-corrected chi connectivity index (χ2v) is 3.67. The molecule has 0 aliphatic rings. The predicted octanol–water partition coefficient (Wildman–Crippen LogP) is -9.79. The third kappa shape index (κ3) is 3090. The van der Waals surface area contributed by atoms with E-state index in [-0.39, 0.29) is 120 Å². The molecule has 14 N–H and O–H groups in total. The minimum atomic E-state index is -5.17. The topological polar surface area (TPSA) is 461 Å². The molecule has 0 saturated heterocycles. The summed E-state index contributed by atoms with van der Waals surface area (Å²) in [5, 5.41) is 0. The fourth-order valence-corrected chi connectivity index (χ4v) is 0. The largest absolute Gasteiger partial charge is 3.00 e. The molecule has 0 aliphatic carbocycles. The normalized spacial score (nSPS) is 7.25. The monoisotopic (exact) mass is 698 g/mol. The van der Waals surface area contributed by atoms with Gasteiger partial charge in [-0.1, -0.05) is 0 Å². The van der Waals surface area contributed by atoms with Crippen LogP contribution in [-0.2, 0) is 31.2 Å². The Labute approximate surface area is 201 Å². The van der Waals surface area contributed by atoms with Crippen LogP contribution in [0.1, 0.15) is 0 Å². The van der Waals surface area contributed by atoms with E-state index in [4.69, 9.17) is 52.6 Å². The second-order valence-electron chi connectivity index (χ2n) is 1.22. The summed E-state index contributed by atoms with van der Waals surface area (Å²) in [6, 6.07) is 0. The first-order valence-electron chi connectivity index (χ1n) is 2.00. The van der Waals surface area contributed by atoms with Crippen LogP contribution in [0, 0.1) is 81.7 Å². The molecule has 19 nitrogen and oxygen atoms in total. The van der Waals surface area contributed by atoms with Crippen LogP contribution in [0.3, 0.4) is 0 Å². The summed E-state index contributed by atoms with van der Waals surface area (Å²) in [4.78, 5) is 0. The quantitative estimate of drug-likeness (QED) is 0.168. The van der Waals surface area contributed by atoms with Gasteiger partial charge in [0.2, 0.25) is 0 Å². The molecule has 0 fully saturated rings. The van der Waals surface area contributed by atoms with Crippen LogP contribution in [0.2, 0.25) is 0 Å². The van der Waals surface area contributed by atoms with Gasteiger partial charge in [-0.2, -0.15) is 0 Å². The van der Waals surface area contributed by atoms with Gasteiger partial charge in [0.05, 0.1) is 0 Å². The van der Waals surface area contributed by atoms with Crippen LogP contribution >= 0.6 is 0 Å². The van der Waals surface area contributed by atoms with Crippen LogP contribution in [0.15, 0.2) is 0 Å². The average molecular weight is 703 g/mol. The second kappa shape index (κ2) is 36.0. The molecule has 0 aromatic heterocycles. The molecular formula is H14Nd2O19S3. The van der Waals surface area contributed by atoms with Gasteiger partial charge in [-0.3, -0.25) is 25.3 Å². The molecule has 0 rings (SSSR count). The van der Waals surface area contributed by atoms with E-state index in [1.807, 2.05) is 0 Å². The molecule has 0 heterocycles. The van der Waals surface area contributed by atoms with Crippen molar-refractivity contribution in [3.8, 4) is 0 Å². The van der Waals surface area contributed by atoms with Crippen LogP contribution < -0.4 is 0 Å². The van der Waals surface area contributed by atoms with Gasteiger partial charge < -0.3 is 65.6 Å². The van der Waals surface area contributed by atoms with E-state index >= 15 is 0 Å². The molecule has 0 aromatic carbocycles. The molecule has 0 atom stereocenters. The summed E-state index contributed by atoms with van der Waals surface area (Å²) in [5.41, 5.74) is 0. The Morgan fingerprint density at radius 2 is 0.333 bits per heavy atom. The van der Waals surface area contributed by atoms with E-state index < -0.39 is 31.2 Å². The summed E-state index contributed by atoms with van der Waals surface area (Å²) in [5.74, 6) is 0. The molecular weight excluding hydrogens is 689 g/mol. The molecule has 0 bridgehead atoms. The smallest absolute Gasteiger partial charge is 0.759 e. The van der Waals surface area contributed by atoms with E-state index in [1.54, 1.807) is 0 Å². The first-order valence-corrected chi connectivity index (χ1v) is 6.00. The van der Waals surface area contributed by atoms with Crippen molar-refractivity contribution in [3.05, 3.63) is 0 Å². The summed E-state index contributed by atoms with van der Waals surface area (Å²) in [7, 11) is -15.5. The molecule has 0 unspecified atom stereocenters. The standard InChI is InChI=1S/2Nd.3H2O4S.7H2O/c;;3*1-5(2,3)4;;;;;;;/h;;3*(H2,1,2,3,4);7*1H2/q2*+3;;;;;;;;;;/p-6. The third-order valence-electron chi connectivity index (χ3n) is 0. The Hall–Kier alpha value is 2.03. The van der Waals surface area contributed by atoms with Gasteiger partial charge in [0.15, 0.2) is 0 Å². The van der Waals surface area contributed by atoms with E-state index in [1.165, 1.54) is 0 Å². The van der Waals surface area contributed by atoms with Gasteiger partial charge in [0.25, 0.3) is 0 Å². The van der Waals surface area contributed by atoms with E-state index in [0.29, 0.717) is 0 Å². The fourth-order valence-electron chi connectivity index (χ4n) is 0. The molecule has 0 spiro atoms. The van der Waals surface area contributed by atoms with E-state index in [2.05, 4.69) is 0 Å². The van der Waals surface area contributed by atoms with Crippen molar-refractivity contribution in [1.29, 1.82) is 0 Å². The molecule has 0 aromatic rings. The van der Waals surface area contributed by atoms with E-state index in [9.17, 15) is 0 Å². The van der Waals surface area contributed by atoms with Crippen molar-refractivity contribution < 1.29 is 173 Å². The van der Waals surface area contributed by atoms with Gasteiger partial charge in [-0.25, -0.2) is 0 Å². The first-order chi connectivity index (χ1) is 6.00. The molecule has 0 saturated carbocycles. The van der Waals surface area contributed by atoms with Gasteiger partial charge in [0.1, 0.15) is 0 Å². The number of hydrogen-bond acceptors (Lipinski definition) is 12. The maximum absolute atomic E-state index is 8.52. The number of rotatable bonds is 0. The zero-order chi connectivity index (χ0) is 13.5. The summed E-state index contributed by atoms with van der Waals surface area (Å²) in [6.45, 7) is 0. The molecule has 2 radical (unpaired) electrons. The van der Waals surface area contributed by atoms with Gasteiger partial charge in [-0.05, 0) is 0 Å². The van der Waals surface area contributed by atoms with E-state index in [0.717, 1.165) is 0 Å². The zero-order valence-electron chi connectivity index (χ0n) is 10.6. The Morgan fingerprint density at radius 1 is 0.333 bits per heavy atom. The maximum Gasteiger partial charge on any atom is 3.00 e. The summed E-state index contributed by atoms with van der Waals surface area (Å²) >= 11 is 0. The molecule has 24 heavy (non-hydrogen) atoms.